The third-order valence-electron chi connectivity index (χ3n) is 7.34. The van der Waals surface area contributed by atoms with Gasteiger partial charge in [0.25, 0.3) is 0 Å². The van der Waals surface area contributed by atoms with Gasteiger partial charge in [-0.05, 0) is 63.5 Å². The Balaban J connectivity index is 1.29. The van der Waals surface area contributed by atoms with Gasteiger partial charge in [-0.1, -0.05) is 18.1 Å². The van der Waals surface area contributed by atoms with E-state index < -0.39 is 0 Å². The molecule has 10 heteroatoms. The van der Waals surface area contributed by atoms with Gasteiger partial charge in [0.1, 0.15) is 17.3 Å². The van der Waals surface area contributed by atoms with Gasteiger partial charge in [-0.3, -0.25) is 10.1 Å². The average molecular weight is 500 g/mol. The zero-order chi connectivity index (χ0) is 25.2. The van der Waals surface area contributed by atoms with Crippen molar-refractivity contribution in [3.8, 4) is 11.4 Å². The molecular weight excluding hydrogens is 466 g/mol. The molecule has 1 saturated heterocycles. The molecule has 6 rings (SSSR count). The summed E-state index contributed by atoms with van der Waals surface area (Å²) in [5.41, 5.74) is 2.52. The number of H-pyrrole nitrogens is 1. The largest absolute Gasteiger partial charge is 0.367 e. The minimum Gasteiger partial charge on any atom is -0.367 e. The van der Waals surface area contributed by atoms with Crippen LogP contribution in [0.25, 0.3) is 11.4 Å². The lowest BCUT2D eigenvalue weighted by atomic mass is 9.87. The maximum atomic E-state index is 5.81. The first kappa shape index (κ1) is 23.4. The highest BCUT2D eigenvalue weighted by Gasteiger charge is 2.32. The number of aromatic amines is 1. The fourth-order valence-corrected chi connectivity index (χ4v) is 5.31. The summed E-state index contributed by atoms with van der Waals surface area (Å²) >= 11 is 0. The second-order valence-electron chi connectivity index (χ2n) is 10.3. The highest BCUT2D eigenvalue weighted by Crippen LogP contribution is 2.37. The van der Waals surface area contributed by atoms with Crippen LogP contribution < -0.4 is 15.5 Å². The number of hydrogen-bond donors (Lipinski definition) is 3. The zero-order valence-electron chi connectivity index (χ0n) is 21.3. The predicted molar refractivity (Wildman–Crippen MR) is 143 cm³/mol. The van der Waals surface area contributed by atoms with Crippen LogP contribution in [0, 0.1) is 12.8 Å². The van der Waals surface area contributed by atoms with Crippen LogP contribution in [0.15, 0.2) is 47.1 Å². The van der Waals surface area contributed by atoms with Crippen LogP contribution in [0.3, 0.4) is 0 Å². The van der Waals surface area contributed by atoms with Crippen molar-refractivity contribution in [1.29, 1.82) is 0 Å². The number of rotatable bonds is 7. The van der Waals surface area contributed by atoms with Gasteiger partial charge in [0.15, 0.2) is 11.6 Å². The number of nitrogens with one attached hydrogen (secondary N) is 3. The van der Waals surface area contributed by atoms with Gasteiger partial charge >= 0.3 is 0 Å². The van der Waals surface area contributed by atoms with Gasteiger partial charge in [-0.25, -0.2) is 0 Å². The van der Waals surface area contributed by atoms with Crippen molar-refractivity contribution in [2.75, 3.05) is 22.1 Å². The van der Waals surface area contributed by atoms with E-state index in [-0.39, 0.29) is 6.04 Å². The van der Waals surface area contributed by atoms with Crippen molar-refractivity contribution in [1.82, 2.24) is 30.3 Å². The fraction of sp³-hybridized carbons (Fsp3) is 0.444. The molecule has 192 valence electrons. The lowest BCUT2D eigenvalue weighted by molar-refractivity contribution is 0.360. The van der Waals surface area contributed by atoms with Gasteiger partial charge in [0.05, 0.1) is 11.7 Å². The quantitative estimate of drug-likeness (QED) is 0.297. The monoisotopic (exact) mass is 499 g/mol. The first-order valence-corrected chi connectivity index (χ1v) is 13.2. The van der Waals surface area contributed by atoms with Crippen LogP contribution in [-0.2, 0) is 0 Å². The van der Waals surface area contributed by atoms with Gasteiger partial charge in [-0.15, -0.1) is 0 Å². The number of pyridine rings is 1. The Morgan fingerprint density at radius 1 is 0.973 bits per heavy atom. The van der Waals surface area contributed by atoms with Gasteiger partial charge in [-0.2, -0.15) is 15.1 Å². The van der Waals surface area contributed by atoms with E-state index in [1.807, 2.05) is 43.3 Å². The molecule has 0 amide bonds. The Morgan fingerprint density at radius 2 is 1.84 bits per heavy atom. The van der Waals surface area contributed by atoms with Crippen LogP contribution in [-0.4, -0.2) is 42.9 Å². The highest BCUT2D eigenvalue weighted by atomic mass is 16.5. The Bertz CT molecular complexity index is 1330. The first-order chi connectivity index (χ1) is 18.1. The van der Waals surface area contributed by atoms with Crippen molar-refractivity contribution < 1.29 is 4.52 Å². The van der Waals surface area contributed by atoms with E-state index >= 15 is 0 Å². The molecule has 0 unspecified atom stereocenters. The maximum Gasteiger partial charge on any atom is 0.229 e. The molecule has 0 radical (unpaired) electrons. The minimum atomic E-state index is 0.0104. The Kier molecular flexibility index (Phi) is 6.46. The van der Waals surface area contributed by atoms with Crippen molar-refractivity contribution in [3.63, 3.8) is 0 Å². The topological polar surface area (TPSA) is 121 Å². The fourth-order valence-electron chi connectivity index (χ4n) is 5.31. The van der Waals surface area contributed by atoms with E-state index in [0.717, 1.165) is 72.6 Å². The summed E-state index contributed by atoms with van der Waals surface area (Å²) in [7, 11) is 0. The molecule has 0 bridgehead atoms. The molecule has 0 spiro atoms. The molecule has 1 saturated carbocycles. The van der Waals surface area contributed by atoms with Crippen LogP contribution in [0.2, 0.25) is 0 Å². The Hall–Kier alpha value is -3.95. The molecule has 4 aromatic rings. The van der Waals surface area contributed by atoms with Crippen LogP contribution in [0.5, 0.6) is 0 Å². The molecule has 2 fully saturated rings. The van der Waals surface area contributed by atoms with Crippen molar-refractivity contribution in [2.24, 2.45) is 5.92 Å². The van der Waals surface area contributed by atoms with E-state index in [1.165, 1.54) is 12.8 Å². The highest BCUT2D eigenvalue weighted by molar-refractivity contribution is 5.60. The van der Waals surface area contributed by atoms with E-state index in [2.05, 4.69) is 42.8 Å². The standard InChI is InChI=1S/C27H33N9O/c1-17-8-10-19(11-9-17)29-24-16-25(30-26-14-18(2)33-34-26)32-27(31-24)36-13-5-7-22(36)23-15-21(35-37-23)20-6-3-4-12-28-20/h3-4,6,12,14-17,19,22H,5,7-11,13H2,1-2H3,(H3,29,30,31,32,33,34)/t17?,19?,22-/m0/s1. The van der Waals surface area contributed by atoms with E-state index in [1.54, 1.807) is 6.20 Å². The van der Waals surface area contributed by atoms with Gasteiger partial charge < -0.3 is 20.1 Å². The molecule has 1 aliphatic carbocycles. The molecule has 0 aromatic carbocycles. The third-order valence-corrected chi connectivity index (χ3v) is 7.34. The van der Waals surface area contributed by atoms with Crippen molar-refractivity contribution in [3.05, 3.63) is 54.0 Å². The van der Waals surface area contributed by atoms with E-state index in [4.69, 9.17) is 14.5 Å². The zero-order valence-corrected chi connectivity index (χ0v) is 21.3. The molecule has 5 heterocycles. The van der Waals surface area contributed by atoms with Gasteiger partial charge in [0.2, 0.25) is 5.95 Å². The summed E-state index contributed by atoms with van der Waals surface area (Å²) < 4.78 is 5.81. The predicted octanol–water partition coefficient (Wildman–Crippen LogP) is 5.63. The normalized spacial score (nSPS) is 21.8. The van der Waals surface area contributed by atoms with Crippen LogP contribution >= 0.6 is 0 Å². The number of hydrogen-bond acceptors (Lipinski definition) is 9. The first-order valence-electron chi connectivity index (χ1n) is 13.2. The SMILES string of the molecule is Cc1cc(Nc2cc(NC3CCC(C)CC3)nc(N3CCC[C@H]3c3cc(-c4ccccn4)no3)n2)n[nH]1. The van der Waals surface area contributed by atoms with Gasteiger partial charge in [0, 0.05) is 42.7 Å². The summed E-state index contributed by atoms with van der Waals surface area (Å²) in [5, 5.41) is 18.6. The smallest absolute Gasteiger partial charge is 0.229 e. The average Bonchev–Trinajstić information content (AvgIpc) is 3.67. The summed E-state index contributed by atoms with van der Waals surface area (Å²) in [5.74, 6) is 4.54. The Morgan fingerprint density at radius 3 is 2.62 bits per heavy atom. The summed E-state index contributed by atoms with van der Waals surface area (Å²) in [6.45, 7) is 5.16. The lowest BCUT2D eigenvalue weighted by Crippen LogP contribution is -2.28. The van der Waals surface area contributed by atoms with Crippen LogP contribution in [0.1, 0.15) is 62.9 Å². The molecule has 37 heavy (non-hydrogen) atoms. The van der Waals surface area contributed by atoms with E-state index in [9.17, 15) is 0 Å². The molecule has 1 aliphatic heterocycles. The lowest BCUT2D eigenvalue weighted by Gasteiger charge is -2.28. The summed E-state index contributed by atoms with van der Waals surface area (Å²) in [4.78, 5) is 16.5. The van der Waals surface area contributed by atoms with Crippen molar-refractivity contribution in [2.45, 2.75) is 64.5 Å². The Labute approximate surface area is 216 Å². The van der Waals surface area contributed by atoms with Crippen molar-refractivity contribution >= 4 is 23.4 Å². The molecule has 3 N–H and O–H groups in total. The molecule has 1 atom stereocenters. The van der Waals surface area contributed by atoms with E-state index in [0.29, 0.717) is 17.8 Å². The number of aromatic nitrogens is 6. The van der Waals surface area contributed by atoms with Crippen LogP contribution in [0.4, 0.5) is 23.4 Å². The summed E-state index contributed by atoms with van der Waals surface area (Å²) in [6, 6.07) is 12.1. The number of nitrogens with zero attached hydrogens (tertiary/aromatic N) is 6. The maximum absolute atomic E-state index is 5.81. The number of aryl methyl sites for hydroxylation is 1. The third kappa shape index (κ3) is 5.28. The summed E-state index contributed by atoms with van der Waals surface area (Å²) in [6.07, 6.45) is 8.52. The molecule has 10 nitrogen and oxygen atoms in total. The number of anilines is 4. The molecule has 2 aliphatic rings. The minimum absolute atomic E-state index is 0.0104. The molecular formula is C27H33N9O. The molecule has 4 aromatic heterocycles. The second-order valence-corrected chi connectivity index (χ2v) is 10.3. The second kappa shape index (κ2) is 10.2.